The summed E-state index contributed by atoms with van der Waals surface area (Å²) in [5.74, 6) is -4.83. The van der Waals surface area contributed by atoms with Gasteiger partial charge in [-0.05, 0) is 71.8 Å². The Labute approximate surface area is 225 Å². The lowest BCUT2D eigenvalue weighted by Gasteiger charge is -2.14. The van der Waals surface area contributed by atoms with Gasteiger partial charge >= 0.3 is 11.9 Å². The number of nitrogens with zero attached hydrogens (tertiary/aromatic N) is 2. The van der Waals surface area contributed by atoms with Gasteiger partial charge in [-0.3, -0.25) is 19.2 Å². The van der Waals surface area contributed by atoms with Crippen LogP contribution in [0.4, 0.5) is 11.4 Å². The quantitative estimate of drug-likeness (QED) is 0.360. The van der Waals surface area contributed by atoms with E-state index in [9.17, 15) is 39.0 Å². The summed E-state index contributed by atoms with van der Waals surface area (Å²) >= 11 is 0. The lowest BCUT2D eigenvalue weighted by Crippen LogP contribution is -2.29. The van der Waals surface area contributed by atoms with Gasteiger partial charge in [0.2, 0.25) is 0 Å². The molecule has 2 heterocycles. The minimum absolute atomic E-state index is 0.0733. The van der Waals surface area contributed by atoms with Gasteiger partial charge in [0.1, 0.15) is 0 Å². The number of carbonyl (C=O) groups excluding carboxylic acids is 4. The van der Waals surface area contributed by atoms with Crippen molar-refractivity contribution in [2.75, 3.05) is 9.80 Å². The van der Waals surface area contributed by atoms with Gasteiger partial charge < -0.3 is 10.2 Å². The maximum atomic E-state index is 13.2. The van der Waals surface area contributed by atoms with Gasteiger partial charge in [-0.15, -0.1) is 0 Å². The molecule has 0 saturated carbocycles. The molecular weight excluding hydrogens is 516 g/mol. The van der Waals surface area contributed by atoms with E-state index in [1.54, 1.807) is 12.1 Å². The molecule has 0 saturated heterocycles. The van der Waals surface area contributed by atoms with Crippen molar-refractivity contribution in [3.05, 3.63) is 118 Å². The Morgan fingerprint density at radius 2 is 0.850 bits per heavy atom. The van der Waals surface area contributed by atoms with Gasteiger partial charge in [-0.25, -0.2) is 19.4 Å². The van der Waals surface area contributed by atoms with E-state index in [1.165, 1.54) is 72.8 Å². The number of hydrogen-bond acceptors (Lipinski definition) is 6. The Morgan fingerprint density at radius 1 is 0.475 bits per heavy atom. The van der Waals surface area contributed by atoms with Crippen LogP contribution in [-0.4, -0.2) is 45.8 Å². The van der Waals surface area contributed by atoms with Crippen LogP contribution in [0.1, 0.15) is 62.1 Å². The van der Waals surface area contributed by atoms with Crippen LogP contribution >= 0.6 is 0 Å². The number of rotatable bonds is 5. The Hall–Kier alpha value is -5.90. The van der Waals surface area contributed by atoms with Gasteiger partial charge in [0.25, 0.3) is 23.6 Å². The van der Waals surface area contributed by atoms with Crippen molar-refractivity contribution in [2.45, 2.75) is 0 Å². The lowest BCUT2D eigenvalue weighted by molar-refractivity contribution is 0.0686. The van der Waals surface area contributed by atoms with Crippen molar-refractivity contribution in [1.29, 1.82) is 0 Å². The number of amides is 4. The number of benzene rings is 4. The molecule has 2 aliphatic heterocycles. The number of fused-ring (bicyclic) bond motifs is 2. The fourth-order valence-electron chi connectivity index (χ4n) is 4.87. The van der Waals surface area contributed by atoms with Crippen molar-refractivity contribution in [3.63, 3.8) is 0 Å². The number of hydrogen-bond donors (Lipinski definition) is 2. The first kappa shape index (κ1) is 24.4. The third-order valence-electron chi connectivity index (χ3n) is 6.81. The number of aromatic carboxylic acids is 2. The van der Waals surface area contributed by atoms with E-state index >= 15 is 0 Å². The highest BCUT2D eigenvalue weighted by molar-refractivity contribution is 6.36. The molecule has 40 heavy (non-hydrogen) atoms. The van der Waals surface area contributed by atoms with E-state index in [4.69, 9.17) is 0 Å². The topological polar surface area (TPSA) is 149 Å². The Kier molecular flexibility index (Phi) is 5.40. The van der Waals surface area contributed by atoms with Crippen LogP contribution in [0.2, 0.25) is 0 Å². The number of imide groups is 2. The summed E-state index contributed by atoms with van der Waals surface area (Å²) < 4.78 is 0. The molecule has 0 radical (unpaired) electrons. The first-order chi connectivity index (χ1) is 19.2. The minimum Gasteiger partial charge on any atom is -0.478 e. The van der Waals surface area contributed by atoms with Gasteiger partial charge in [0, 0.05) is 0 Å². The van der Waals surface area contributed by atoms with Crippen LogP contribution < -0.4 is 9.80 Å². The third-order valence-corrected chi connectivity index (χ3v) is 6.81. The molecule has 0 unspecified atom stereocenters. The smallest absolute Gasteiger partial charge is 0.335 e. The summed E-state index contributed by atoms with van der Waals surface area (Å²) in [6, 6.07) is 20.2. The molecule has 10 nitrogen and oxygen atoms in total. The van der Waals surface area contributed by atoms with Gasteiger partial charge in [-0.2, -0.15) is 0 Å². The number of anilines is 2. The highest BCUT2D eigenvalue weighted by Crippen LogP contribution is 2.35. The predicted octanol–water partition coefficient (Wildman–Crippen LogP) is 4.35. The molecule has 0 spiro atoms. The van der Waals surface area contributed by atoms with E-state index in [0.717, 1.165) is 9.80 Å². The molecule has 4 amide bonds. The molecule has 0 fully saturated rings. The van der Waals surface area contributed by atoms with Crippen LogP contribution in [-0.2, 0) is 0 Å². The Balaban J connectivity index is 1.34. The molecule has 4 aromatic rings. The summed E-state index contributed by atoms with van der Waals surface area (Å²) in [4.78, 5) is 77.1. The second kappa shape index (κ2) is 8.84. The van der Waals surface area contributed by atoms with Gasteiger partial charge in [0.05, 0.1) is 44.8 Å². The summed E-state index contributed by atoms with van der Waals surface area (Å²) in [6.07, 6.45) is 0. The van der Waals surface area contributed by atoms with Crippen molar-refractivity contribution >= 4 is 46.9 Å². The van der Waals surface area contributed by atoms with E-state index in [2.05, 4.69) is 0 Å². The first-order valence-electron chi connectivity index (χ1n) is 11.9. The van der Waals surface area contributed by atoms with Crippen molar-refractivity contribution in [1.82, 2.24) is 0 Å². The average molecular weight is 532 g/mol. The van der Waals surface area contributed by atoms with Crippen LogP contribution in [0.3, 0.4) is 0 Å². The standard InChI is InChI=1S/C30H16N2O8/c33-25-21-9-7-15(13-23(21)27(35)31(25)19-5-1-3-17(11-19)29(37)38)16-8-10-22-24(14-16)28(36)32(26(22)34)20-6-2-4-18(12-20)30(39)40/h1-14H,(H,37,38)(H,39,40). The van der Waals surface area contributed by atoms with E-state index in [-0.39, 0.29) is 44.8 Å². The summed E-state index contributed by atoms with van der Waals surface area (Å²) in [5.41, 5.74) is 1.63. The van der Waals surface area contributed by atoms with Crippen LogP contribution in [0.25, 0.3) is 11.1 Å². The molecule has 0 aromatic heterocycles. The lowest BCUT2D eigenvalue weighted by atomic mass is 9.97. The predicted molar refractivity (Wildman–Crippen MR) is 141 cm³/mol. The molecule has 2 aliphatic rings. The molecule has 6 rings (SSSR count). The van der Waals surface area contributed by atoms with Crippen molar-refractivity contribution < 1.29 is 39.0 Å². The van der Waals surface area contributed by atoms with Crippen molar-refractivity contribution in [3.8, 4) is 11.1 Å². The zero-order valence-electron chi connectivity index (χ0n) is 20.3. The molecule has 2 N–H and O–H groups in total. The van der Waals surface area contributed by atoms with E-state index in [0.29, 0.717) is 11.1 Å². The Bertz CT molecular complexity index is 1720. The van der Waals surface area contributed by atoms with E-state index < -0.39 is 35.6 Å². The highest BCUT2D eigenvalue weighted by atomic mass is 16.4. The fourth-order valence-corrected chi connectivity index (χ4v) is 4.87. The Morgan fingerprint density at radius 3 is 1.23 bits per heavy atom. The minimum atomic E-state index is -1.20. The highest BCUT2D eigenvalue weighted by Gasteiger charge is 2.39. The second-order valence-corrected chi connectivity index (χ2v) is 9.12. The largest absolute Gasteiger partial charge is 0.478 e. The zero-order chi connectivity index (χ0) is 28.3. The van der Waals surface area contributed by atoms with Crippen LogP contribution in [0.15, 0.2) is 84.9 Å². The number of carboxylic acid groups (broad SMARTS) is 2. The summed E-state index contributed by atoms with van der Waals surface area (Å²) in [6.45, 7) is 0. The summed E-state index contributed by atoms with van der Waals surface area (Å²) in [7, 11) is 0. The molecule has 10 heteroatoms. The SMILES string of the molecule is O=C(O)c1cccc(N2C(=O)c3ccc(-c4ccc5c(c4)C(=O)N(c4cccc(C(=O)O)c4)C5=O)cc3C2=O)c1. The molecule has 4 aromatic carbocycles. The molecule has 0 atom stereocenters. The third kappa shape index (κ3) is 3.66. The normalized spacial score (nSPS) is 14.0. The molecule has 194 valence electrons. The number of carbonyl (C=O) groups is 6. The molecule has 0 aliphatic carbocycles. The van der Waals surface area contributed by atoms with Crippen molar-refractivity contribution in [2.24, 2.45) is 0 Å². The van der Waals surface area contributed by atoms with Crippen LogP contribution in [0, 0.1) is 0 Å². The fraction of sp³-hybridized carbons (Fsp3) is 0. The monoisotopic (exact) mass is 532 g/mol. The average Bonchev–Trinajstić information content (AvgIpc) is 3.36. The maximum absolute atomic E-state index is 13.2. The van der Waals surface area contributed by atoms with Gasteiger partial charge in [-0.1, -0.05) is 24.3 Å². The zero-order valence-corrected chi connectivity index (χ0v) is 20.3. The summed E-state index contributed by atoms with van der Waals surface area (Å²) in [5, 5.41) is 18.6. The maximum Gasteiger partial charge on any atom is 0.335 e. The van der Waals surface area contributed by atoms with Gasteiger partial charge in [0.15, 0.2) is 0 Å². The molecular formula is C30H16N2O8. The first-order valence-corrected chi connectivity index (χ1v) is 11.9. The number of carboxylic acids is 2. The van der Waals surface area contributed by atoms with E-state index in [1.807, 2.05) is 0 Å². The second-order valence-electron chi connectivity index (χ2n) is 9.12. The van der Waals surface area contributed by atoms with Crippen LogP contribution in [0.5, 0.6) is 0 Å². The molecule has 0 bridgehead atoms.